The van der Waals surface area contributed by atoms with Crippen molar-refractivity contribution in [3.8, 4) is 23.0 Å². The van der Waals surface area contributed by atoms with Crippen LogP contribution >= 0.6 is 0 Å². The van der Waals surface area contributed by atoms with Crippen LogP contribution in [-0.4, -0.2) is 168 Å². The van der Waals surface area contributed by atoms with E-state index in [4.69, 9.17) is 67.3 Å². The summed E-state index contributed by atoms with van der Waals surface area (Å²) in [4.78, 5) is 84.1. The number of amides is 3. The van der Waals surface area contributed by atoms with Gasteiger partial charge in [0.25, 0.3) is 11.8 Å². The van der Waals surface area contributed by atoms with Gasteiger partial charge in [-0.15, -0.1) is 0 Å². The molecule has 23 nitrogen and oxygen atoms in total. The molecule has 3 aromatic rings. The van der Waals surface area contributed by atoms with Gasteiger partial charge in [0.05, 0.1) is 87.3 Å². The minimum atomic E-state index is -1.28. The molecule has 0 aromatic heterocycles. The van der Waals surface area contributed by atoms with Gasteiger partial charge in [-0.3, -0.25) is 29.3 Å². The molecule has 5 saturated heterocycles. The van der Waals surface area contributed by atoms with Crippen LogP contribution < -0.4 is 30.0 Å². The first kappa shape index (κ1) is 62.8. The van der Waals surface area contributed by atoms with Gasteiger partial charge in [-0.2, -0.15) is 0 Å². The Morgan fingerprint density at radius 3 is 1.87 bits per heavy atom. The molecule has 3 N–H and O–H groups in total. The van der Waals surface area contributed by atoms with Crippen molar-refractivity contribution < 1.29 is 90.3 Å². The number of esters is 2. The molecule has 0 spiro atoms. The Kier molecular flexibility index (Phi) is 21.7. The van der Waals surface area contributed by atoms with Crippen LogP contribution in [0.5, 0.6) is 23.0 Å². The fourth-order valence-electron chi connectivity index (χ4n) is 10.8. The van der Waals surface area contributed by atoms with E-state index in [1.165, 1.54) is 52.3 Å². The number of aryl methyl sites for hydroxylation is 1. The van der Waals surface area contributed by atoms with Crippen LogP contribution in [0.25, 0.3) is 0 Å². The summed E-state index contributed by atoms with van der Waals surface area (Å²) in [6.45, 7) is 19.0. The van der Waals surface area contributed by atoms with Gasteiger partial charge in [0, 0.05) is 70.8 Å². The predicted molar refractivity (Wildman–Crippen MR) is 303 cm³/mol. The number of unbranched alkanes of at least 4 members (excludes halogenated alkanes) is 2. The molecule has 0 aliphatic carbocycles. The second kappa shape index (κ2) is 29.0. The number of ketones is 1. The number of likely N-dealkylation sites (tertiary alicyclic amines) is 2. The third-order valence-electron chi connectivity index (χ3n) is 15.2. The molecule has 23 heteroatoms. The SMILES string of the molecule is C=C1C[C@@H](C2OCCO2)N(C(=O)c2cc(C)c(OCCCCCOc3cc(NC(=O)OCc4ccc(O[C@@H]5O[C@H](C)[C@@H](C)[C@H](OC(C)=O)[C@H]5OC(C)=O)c(C(=O)CCCOC)c4)c(C(=O)N4CC(=C)C[C@H]4C4OCCO4)cc3OC)cc2N)C1. The molecule has 5 heterocycles. The molecule has 8 rings (SSSR count). The lowest BCUT2D eigenvalue weighted by atomic mass is 9.91. The molecular formula is C61H78N4O19. The zero-order valence-corrected chi connectivity index (χ0v) is 48.9. The molecule has 7 atom stereocenters. The number of ether oxygens (including phenoxy) is 13. The standard InChI is InChI=1S/C61H78N4O19/c1-34-24-47(58-76-20-21-77-58)64(31-34)56(69)42-26-36(3)51(29-45(42)62)74-18-11-10-12-19-75-53-30-46(43(28-52(53)73-9)57(70)65-32-35(2)25-48(65)59-78-22-23-79-59)63-61(71)80-33-41-15-16-50(44(27-41)49(68)14-13-17-72-8)84-60-55(83-40(7)67)54(82-39(6)66)37(4)38(5)81-60/h15-16,26-30,37-38,47-48,54-55,58-60H,1-2,10-14,17-25,31-33,62H2,3-9H3,(H,63,71)/t37-,38-,47+,48+,54+,55-,60+/m1/s1. The molecule has 0 bridgehead atoms. The van der Waals surface area contributed by atoms with Crippen LogP contribution in [0.2, 0.25) is 0 Å². The Bertz CT molecular complexity index is 2900. The molecular weight excluding hydrogens is 1090 g/mol. The molecule has 0 radical (unpaired) electrons. The van der Waals surface area contributed by atoms with Gasteiger partial charge < -0.3 is 77.1 Å². The minimum Gasteiger partial charge on any atom is -0.493 e. The number of carbonyl (C=O) groups excluding carboxylic acids is 6. The lowest BCUT2D eigenvalue weighted by molar-refractivity contribution is -0.263. The number of nitrogens with two attached hydrogens (primary N) is 1. The molecule has 456 valence electrons. The Hall–Kier alpha value is -7.28. The van der Waals surface area contributed by atoms with Gasteiger partial charge in [0.2, 0.25) is 12.4 Å². The number of rotatable bonds is 25. The smallest absolute Gasteiger partial charge is 0.411 e. The fourth-order valence-corrected chi connectivity index (χ4v) is 10.8. The zero-order chi connectivity index (χ0) is 60.2. The molecule has 5 aliphatic heterocycles. The Morgan fingerprint density at radius 2 is 1.27 bits per heavy atom. The Labute approximate surface area is 489 Å². The summed E-state index contributed by atoms with van der Waals surface area (Å²) < 4.78 is 75.9. The number of hydrogen-bond donors (Lipinski definition) is 2. The highest BCUT2D eigenvalue weighted by Gasteiger charge is 2.48. The number of anilines is 2. The molecule has 3 aromatic carbocycles. The van der Waals surface area contributed by atoms with Crippen LogP contribution in [-0.2, 0) is 58.8 Å². The van der Waals surface area contributed by atoms with Gasteiger partial charge >= 0.3 is 18.0 Å². The maximum absolute atomic E-state index is 14.7. The van der Waals surface area contributed by atoms with Crippen molar-refractivity contribution in [2.24, 2.45) is 5.92 Å². The van der Waals surface area contributed by atoms with E-state index in [-0.39, 0.29) is 83.9 Å². The van der Waals surface area contributed by atoms with E-state index in [2.05, 4.69) is 18.5 Å². The van der Waals surface area contributed by atoms with Crippen molar-refractivity contribution in [3.05, 3.63) is 94.6 Å². The molecule has 0 unspecified atom stereocenters. The fraction of sp³-hybridized carbons (Fsp3) is 0.541. The highest BCUT2D eigenvalue weighted by molar-refractivity contribution is 6.04. The number of benzene rings is 3. The number of nitrogen functional groups attached to an aromatic ring is 1. The molecule has 5 fully saturated rings. The lowest BCUT2D eigenvalue weighted by Crippen LogP contribution is -2.57. The van der Waals surface area contributed by atoms with Crippen LogP contribution in [0.4, 0.5) is 16.2 Å². The molecule has 3 amide bonds. The van der Waals surface area contributed by atoms with Gasteiger partial charge in [-0.05, 0) is 87.8 Å². The van der Waals surface area contributed by atoms with Crippen molar-refractivity contribution in [1.29, 1.82) is 0 Å². The zero-order valence-electron chi connectivity index (χ0n) is 48.9. The third kappa shape index (κ3) is 15.5. The van der Waals surface area contributed by atoms with E-state index in [9.17, 15) is 28.8 Å². The van der Waals surface area contributed by atoms with Gasteiger partial charge in [-0.1, -0.05) is 37.3 Å². The number of hydrogen-bond acceptors (Lipinski definition) is 20. The summed E-state index contributed by atoms with van der Waals surface area (Å²) in [5, 5.41) is 2.75. The topological polar surface area (TPSA) is 267 Å². The van der Waals surface area contributed by atoms with E-state index in [0.29, 0.717) is 107 Å². The van der Waals surface area contributed by atoms with E-state index in [1.807, 2.05) is 6.92 Å². The van der Waals surface area contributed by atoms with Gasteiger partial charge in [-0.25, -0.2) is 4.79 Å². The Balaban J connectivity index is 0.940. The maximum Gasteiger partial charge on any atom is 0.411 e. The van der Waals surface area contributed by atoms with E-state index in [0.717, 1.165) is 16.7 Å². The second-order valence-electron chi connectivity index (χ2n) is 21.5. The Morgan fingerprint density at radius 1 is 0.679 bits per heavy atom. The van der Waals surface area contributed by atoms with E-state index >= 15 is 0 Å². The third-order valence-corrected chi connectivity index (χ3v) is 15.2. The van der Waals surface area contributed by atoms with Crippen molar-refractivity contribution in [2.45, 2.75) is 135 Å². The summed E-state index contributed by atoms with van der Waals surface area (Å²) in [5.41, 5.74) is 10.2. The minimum absolute atomic E-state index is 0.0619. The van der Waals surface area contributed by atoms with Gasteiger partial charge in [0.15, 0.2) is 29.9 Å². The summed E-state index contributed by atoms with van der Waals surface area (Å²) >= 11 is 0. The van der Waals surface area contributed by atoms with Crippen molar-refractivity contribution >= 4 is 47.0 Å². The normalized spacial score (nSPS) is 22.7. The number of carbonyl (C=O) groups is 6. The number of nitrogens with one attached hydrogen (secondary N) is 1. The van der Waals surface area contributed by atoms with E-state index in [1.54, 1.807) is 41.8 Å². The van der Waals surface area contributed by atoms with Crippen molar-refractivity contribution in [3.63, 3.8) is 0 Å². The quantitative estimate of drug-likeness (QED) is 0.0208. The highest BCUT2D eigenvalue weighted by atomic mass is 16.7. The van der Waals surface area contributed by atoms with Crippen LogP contribution in [0.1, 0.15) is 115 Å². The summed E-state index contributed by atoms with van der Waals surface area (Å²) in [7, 11) is 2.97. The van der Waals surface area contributed by atoms with E-state index < -0.39 is 67.2 Å². The van der Waals surface area contributed by atoms with Crippen molar-refractivity contribution in [1.82, 2.24) is 9.80 Å². The summed E-state index contributed by atoms with van der Waals surface area (Å²) in [6, 6.07) is 10.3. The summed E-state index contributed by atoms with van der Waals surface area (Å²) in [6.07, 6.45) is -2.58. The number of methoxy groups -OCH3 is 2. The van der Waals surface area contributed by atoms with Crippen LogP contribution in [0, 0.1) is 12.8 Å². The monoisotopic (exact) mass is 1170 g/mol. The first-order chi connectivity index (χ1) is 40.3. The maximum atomic E-state index is 14.7. The van der Waals surface area contributed by atoms with Crippen LogP contribution in [0.15, 0.2) is 66.8 Å². The first-order valence-electron chi connectivity index (χ1n) is 28.4. The predicted octanol–water partition coefficient (Wildman–Crippen LogP) is 7.48. The molecule has 5 aliphatic rings. The average molecular weight is 1170 g/mol. The molecule has 84 heavy (non-hydrogen) atoms. The molecule has 0 saturated carbocycles. The highest BCUT2D eigenvalue weighted by Crippen LogP contribution is 2.39. The summed E-state index contributed by atoms with van der Waals surface area (Å²) in [5.74, 6) is -1.52. The second-order valence-corrected chi connectivity index (χ2v) is 21.5. The number of Topliss-reactive ketones (excluding diaryl/α,β-unsaturated/α-hetero) is 1. The first-order valence-corrected chi connectivity index (χ1v) is 28.4. The number of nitrogens with zero attached hydrogens (tertiary/aromatic N) is 2. The van der Waals surface area contributed by atoms with Crippen LogP contribution in [0.3, 0.4) is 0 Å². The lowest BCUT2D eigenvalue weighted by Gasteiger charge is -2.43. The largest absolute Gasteiger partial charge is 0.493 e. The average Bonchev–Trinajstić information content (AvgIpc) is 4.41. The van der Waals surface area contributed by atoms with Crippen molar-refractivity contribution in [2.75, 3.05) is 84.6 Å². The van der Waals surface area contributed by atoms with Gasteiger partial charge in [0.1, 0.15) is 24.2 Å².